The van der Waals surface area contributed by atoms with Crippen molar-refractivity contribution < 1.29 is 4.79 Å². The number of pyridine rings is 1. The maximum absolute atomic E-state index is 11.8. The third-order valence-electron chi connectivity index (χ3n) is 2.80. The summed E-state index contributed by atoms with van der Waals surface area (Å²) >= 11 is 1.54. The quantitative estimate of drug-likeness (QED) is 0.920. The molecule has 0 atom stereocenters. The molecule has 1 N–H and O–H groups in total. The van der Waals surface area contributed by atoms with Gasteiger partial charge in [0.1, 0.15) is 10.5 Å². The minimum Gasteiger partial charge on any atom is -0.338 e. The third-order valence-corrected chi connectivity index (χ3v) is 3.74. The monoisotopic (exact) mass is 300 g/mol. The number of thiazole rings is 1. The van der Waals surface area contributed by atoms with Crippen LogP contribution in [-0.4, -0.2) is 21.4 Å². The van der Waals surface area contributed by atoms with Gasteiger partial charge in [0, 0.05) is 29.8 Å². The zero-order chi connectivity index (χ0) is 15.3. The number of amides is 1. The predicted molar refractivity (Wildman–Crippen MR) is 81.5 cm³/mol. The van der Waals surface area contributed by atoms with Crippen LogP contribution < -0.4 is 5.32 Å². The van der Waals surface area contributed by atoms with Crippen molar-refractivity contribution in [2.45, 2.75) is 32.2 Å². The topological polar surface area (TPSA) is 78.7 Å². The van der Waals surface area contributed by atoms with Gasteiger partial charge in [0.25, 0.3) is 0 Å². The Morgan fingerprint density at radius 1 is 1.52 bits per heavy atom. The Kier molecular flexibility index (Phi) is 4.66. The fourth-order valence-electron chi connectivity index (χ4n) is 1.72. The first-order valence-electron chi connectivity index (χ1n) is 6.57. The fraction of sp³-hybridized carbons (Fsp3) is 0.333. The summed E-state index contributed by atoms with van der Waals surface area (Å²) in [5.74, 6) is -0.141. The number of aryl methyl sites for hydroxylation is 1. The van der Waals surface area contributed by atoms with E-state index >= 15 is 0 Å². The Hall–Kier alpha value is -2.26. The first kappa shape index (κ1) is 15.1. The Morgan fingerprint density at radius 3 is 3.00 bits per heavy atom. The van der Waals surface area contributed by atoms with Gasteiger partial charge in [0.15, 0.2) is 0 Å². The van der Waals surface area contributed by atoms with Crippen molar-refractivity contribution in [2.24, 2.45) is 0 Å². The molecule has 0 spiro atoms. The molecule has 0 radical (unpaired) electrons. The Balaban J connectivity index is 1.92. The molecular formula is C15H16N4OS. The van der Waals surface area contributed by atoms with Crippen LogP contribution in [0.1, 0.15) is 26.0 Å². The van der Waals surface area contributed by atoms with Gasteiger partial charge < -0.3 is 5.32 Å². The van der Waals surface area contributed by atoms with Crippen LogP contribution in [0.15, 0.2) is 29.9 Å². The van der Waals surface area contributed by atoms with E-state index in [9.17, 15) is 4.79 Å². The van der Waals surface area contributed by atoms with E-state index in [1.165, 1.54) is 11.3 Å². The van der Waals surface area contributed by atoms with Crippen LogP contribution in [0.2, 0.25) is 0 Å². The molecule has 0 aliphatic heterocycles. The summed E-state index contributed by atoms with van der Waals surface area (Å²) in [6.07, 6.45) is 4.37. The van der Waals surface area contributed by atoms with E-state index in [0.717, 1.165) is 16.3 Å². The van der Waals surface area contributed by atoms with Crippen LogP contribution in [0.3, 0.4) is 0 Å². The minimum absolute atomic E-state index is 0.141. The van der Waals surface area contributed by atoms with Crippen molar-refractivity contribution in [3.05, 3.63) is 35.6 Å². The van der Waals surface area contributed by atoms with E-state index in [4.69, 9.17) is 5.26 Å². The summed E-state index contributed by atoms with van der Waals surface area (Å²) < 4.78 is 0. The standard InChI is InChI=1S/C15H16N4OS/c1-15(2,10-16)19-13(20)6-5-12-9-21-14(18-12)11-4-3-7-17-8-11/h3-4,7-9H,5-6H2,1-2H3,(H,19,20). The molecule has 108 valence electrons. The van der Waals surface area contributed by atoms with Crippen molar-refractivity contribution in [3.63, 3.8) is 0 Å². The number of rotatable bonds is 5. The van der Waals surface area contributed by atoms with Crippen molar-refractivity contribution in [3.8, 4) is 16.6 Å². The Bertz CT molecular complexity index is 658. The average Bonchev–Trinajstić information content (AvgIpc) is 2.95. The van der Waals surface area contributed by atoms with E-state index < -0.39 is 5.54 Å². The zero-order valence-corrected chi connectivity index (χ0v) is 12.8. The minimum atomic E-state index is -0.833. The lowest BCUT2D eigenvalue weighted by Gasteiger charge is -2.16. The normalized spacial score (nSPS) is 10.9. The van der Waals surface area contributed by atoms with Gasteiger partial charge in [-0.3, -0.25) is 9.78 Å². The smallest absolute Gasteiger partial charge is 0.221 e. The largest absolute Gasteiger partial charge is 0.338 e. The lowest BCUT2D eigenvalue weighted by Crippen LogP contribution is -2.42. The molecule has 1 amide bonds. The number of nitrogens with zero attached hydrogens (tertiary/aromatic N) is 3. The SMILES string of the molecule is CC(C)(C#N)NC(=O)CCc1csc(-c2cccnc2)n1. The van der Waals surface area contributed by atoms with Crippen LogP contribution in [0.4, 0.5) is 0 Å². The number of nitrogens with one attached hydrogen (secondary N) is 1. The van der Waals surface area contributed by atoms with Crippen molar-refractivity contribution in [2.75, 3.05) is 0 Å². The van der Waals surface area contributed by atoms with Gasteiger partial charge in [-0.25, -0.2) is 4.98 Å². The number of carbonyl (C=O) groups excluding carboxylic acids is 1. The molecule has 0 aliphatic rings. The second-order valence-electron chi connectivity index (χ2n) is 5.17. The average molecular weight is 300 g/mol. The van der Waals surface area contributed by atoms with Crippen LogP contribution >= 0.6 is 11.3 Å². The van der Waals surface area contributed by atoms with Gasteiger partial charge >= 0.3 is 0 Å². The fourth-order valence-corrected chi connectivity index (χ4v) is 2.57. The van der Waals surface area contributed by atoms with Gasteiger partial charge in [0.05, 0.1) is 11.8 Å². The highest BCUT2D eigenvalue weighted by Gasteiger charge is 2.19. The van der Waals surface area contributed by atoms with Gasteiger partial charge in [-0.15, -0.1) is 11.3 Å². The predicted octanol–water partition coefficient (Wildman–Crippen LogP) is 2.56. The highest BCUT2D eigenvalue weighted by molar-refractivity contribution is 7.13. The number of hydrogen-bond acceptors (Lipinski definition) is 5. The molecule has 21 heavy (non-hydrogen) atoms. The second-order valence-corrected chi connectivity index (χ2v) is 6.03. The first-order chi connectivity index (χ1) is 10.00. The highest BCUT2D eigenvalue weighted by atomic mass is 32.1. The molecule has 0 fully saturated rings. The lowest BCUT2D eigenvalue weighted by molar-refractivity contribution is -0.122. The number of aromatic nitrogens is 2. The van der Waals surface area contributed by atoms with Gasteiger partial charge in [0.2, 0.25) is 5.91 Å². The van der Waals surface area contributed by atoms with Gasteiger partial charge in [-0.1, -0.05) is 0 Å². The summed E-state index contributed by atoms with van der Waals surface area (Å²) in [7, 11) is 0. The van der Waals surface area contributed by atoms with Crippen molar-refractivity contribution >= 4 is 17.2 Å². The first-order valence-corrected chi connectivity index (χ1v) is 7.45. The summed E-state index contributed by atoms with van der Waals surface area (Å²) in [5.41, 5.74) is 1.02. The Morgan fingerprint density at radius 2 is 2.33 bits per heavy atom. The van der Waals surface area contributed by atoms with E-state index in [0.29, 0.717) is 12.8 Å². The summed E-state index contributed by atoms with van der Waals surface area (Å²) in [6.45, 7) is 3.35. The van der Waals surface area contributed by atoms with Crippen LogP contribution in [0.5, 0.6) is 0 Å². The maximum atomic E-state index is 11.8. The van der Waals surface area contributed by atoms with Crippen molar-refractivity contribution in [1.82, 2.24) is 15.3 Å². The van der Waals surface area contributed by atoms with Gasteiger partial charge in [-0.05, 0) is 32.4 Å². The molecule has 0 aliphatic carbocycles. The van der Waals surface area contributed by atoms with Crippen molar-refractivity contribution in [1.29, 1.82) is 5.26 Å². The van der Waals surface area contributed by atoms with Gasteiger partial charge in [-0.2, -0.15) is 5.26 Å². The molecule has 2 heterocycles. The third kappa shape index (κ3) is 4.36. The number of hydrogen-bond donors (Lipinski definition) is 1. The molecule has 5 nitrogen and oxygen atoms in total. The summed E-state index contributed by atoms with van der Waals surface area (Å²) in [4.78, 5) is 20.3. The molecule has 0 bridgehead atoms. The number of carbonyl (C=O) groups is 1. The number of nitriles is 1. The Labute approximate surface area is 127 Å². The van der Waals surface area contributed by atoms with Crippen LogP contribution in [0.25, 0.3) is 10.6 Å². The maximum Gasteiger partial charge on any atom is 0.221 e. The molecule has 0 aromatic carbocycles. The van der Waals surface area contributed by atoms with E-state index in [1.54, 1.807) is 26.2 Å². The molecule has 2 aromatic heterocycles. The highest BCUT2D eigenvalue weighted by Crippen LogP contribution is 2.23. The summed E-state index contributed by atoms with van der Waals surface area (Å²) in [6, 6.07) is 5.87. The summed E-state index contributed by atoms with van der Waals surface area (Å²) in [5, 5.41) is 14.4. The second kappa shape index (κ2) is 6.46. The van der Waals surface area contributed by atoms with E-state index in [1.807, 2.05) is 23.6 Å². The lowest BCUT2D eigenvalue weighted by atomic mass is 10.1. The molecule has 0 saturated carbocycles. The van der Waals surface area contributed by atoms with Crippen LogP contribution in [-0.2, 0) is 11.2 Å². The molecule has 0 saturated heterocycles. The van der Waals surface area contributed by atoms with Crippen LogP contribution in [0, 0.1) is 11.3 Å². The molecule has 2 aromatic rings. The van der Waals surface area contributed by atoms with E-state index in [-0.39, 0.29) is 5.91 Å². The molecular weight excluding hydrogens is 284 g/mol. The molecule has 2 rings (SSSR count). The molecule has 6 heteroatoms. The zero-order valence-electron chi connectivity index (χ0n) is 12.0. The van der Waals surface area contributed by atoms with E-state index in [2.05, 4.69) is 15.3 Å². The molecule has 0 unspecified atom stereocenters.